The number of benzene rings is 1. The Kier molecular flexibility index (Phi) is 4.08. The van der Waals surface area contributed by atoms with Crippen LogP contribution < -0.4 is 20.7 Å². The lowest BCUT2D eigenvalue weighted by molar-refractivity contribution is 0.169. The molecule has 112 valence electrons. The number of hydrogen-bond acceptors (Lipinski definition) is 5. The van der Waals surface area contributed by atoms with Crippen LogP contribution in [0, 0.1) is 0 Å². The summed E-state index contributed by atoms with van der Waals surface area (Å²) in [4.78, 5) is 4.46. The van der Waals surface area contributed by atoms with Crippen molar-refractivity contribution < 1.29 is 9.47 Å². The molecule has 0 amide bonds. The van der Waals surface area contributed by atoms with E-state index in [4.69, 9.17) is 15.3 Å². The lowest BCUT2D eigenvalue weighted by atomic mass is 10.0. The first-order valence-corrected chi connectivity index (χ1v) is 7.20. The van der Waals surface area contributed by atoms with E-state index in [2.05, 4.69) is 21.9 Å². The molecule has 2 heterocycles. The molecular weight excluding hydrogens is 268 g/mol. The second-order valence-electron chi connectivity index (χ2n) is 4.95. The molecule has 0 spiro atoms. The van der Waals surface area contributed by atoms with Gasteiger partial charge in [0.25, 0.3) is 0 Å². The van der Waals surface area contributed by atoms with Crippen molar-refractivity contribution in [3.63, 3.8) is 0 Å². The number of nitrogens with zero attached hydrogens (tertiary/aromatic N) is 2. The highest BCUT2D eigenvalue weighted by atomic mass is 16.6. The molecule has 0 saturated heterocycles. The fourth-order valence-corrected chi connectivity index (χ4v) is 2.64. The predicted octanol–water partition coefficient (Wildman–Crippen LogP) is 1.62. The van der Waals surface area contributed by atoms with Gasteiger partial charge in [-0.1, -0.05) is 19.1 Å². The van der Waals surface area contributed by atoms with Crippen molar-refractivity contribution in [3.05, 3.63) is 42.0 Å². The van der Waals surface area contributed by atoms with Crippen LogP contribution in [0.4, 0.5) is 0 Å². The van der Waals surface area contributed by atoms with Crippen LogP contribution in [0.25, 0.3) is 0 Å². The Hall–Kier alpha value is -2.05. The number of ether oxygens (including phenoxy) is 2. The van der Waals surface area contributed by atoms with Gasteiger partial charge in [-0.2, -0.15) is 0 Å². The summed E-state index contributed by atoms with van der Waals surface area (Å²) in [5.41, 5.74) is 3.79. The third-order valence-corrected chi connectivity index (χ3v) is 3.54. The maximum absolute atomic E-state index is 5.79. The number of imidazole rings is 1. The molecule has 0 fully saturated rings. The monoisotopic (exact) mass is 288 g/mol. The minimum absolute atomic E-state index is 0.233. The second kappa shape index (κ2) is 6.15. The molecule has 1 unspecified atom stereocenters. The highest BCUT2D eigenvalue weighted by Gasteiger charge is 2.25. The number of hydrazine groups is 1. The van der Waals surface area contributed by atoms with Gasteiger partial charge in [0, 0.05) is 24.5 Å². The van der Waals surface area contributed by atoms with Gasteiger partial charge in [0.1, 0.15) is 25.1 Å². The molecule has 3 rings (SSSR count). The summed E-state index contributed by atoms with van der Waals surface area (Å²) in [5, 5.41) is 0. The van der Waals surface area contributed by atoms with E-state index in [0.29, 0.717) is 13.2 Å². The molecule has 2 aromatic rings. The third-order valence-electron chi connectivity index (χ3n) is 3.54. The molecule has 1 aliphatic heterocycles. The summed E-state index contributed by atoms with van der Waals surface area (Å²) >= 11 is 0. The summed E-state index contributed by atoms with van der Waals surface area (Å²) in [6.07, 6.45) is 4.80. The lowest BCUT2D eigenvalue weighted by Gasteiger charge is -2.25. The van der Waals surface area contributed by atoms with E-state index >= 15 is 0 Å². The van der Waals surface area contributed by atoms with Crippen molar-refractivity contribution in [2.75, 3.05) is 13.2 Å². The second-order valence-corrected chi connectivity index (χ2v) is 4.95. The number of nitrogens with one attached hydrogen (secondary N) is 1. The van der Waals surface area contributed by atoms with E-state index in [1.165, 1.54) is 0 Å². The number of aromatic nitrogens is 2. The van der Waals surface area contributed by atoms with Gasteiger partial charge in [-0.05, 0) is 12.5 Å². The van der Waals surface area contributed by atoms with Gasteiger partial charge in [-0.15, -0.1) is 0 Å². The summed E-state index contributed by atoms with van der Waals surface area (Å²) in [5.74, 6) is 8.18. The van der Waals surface area contributed by atoms with Gasteiger partial charge in [0.05, 0.1) is 0 Å². The molecular formula is C15H20N4O2. The zero-order valence-corrected chi connectivity index (χ0v) is 12.1. The van der Waals surface area contributed by atoms with E-state index in [1.807, 2.05) is 24.4 Å². The Morgan fingerprint density at radius 2 is 2.24 bits per heavy atom. The molecule has 1 atom stereocenters. The van der Waals surface area contributed by atoms with Crippen LogP contribution in [0.15, 0.2) is 30.6 Å². The van der Waals surface area contributed by atoms with E-state index in [-0.39, 0.29) is 6.04 Å². The quantitative estimate of drug-likeness (QED) is 0.646. The first-order chi connectivity index (χ1) is 10.3. The highest BCUT2D eigenvalue weighted by Crippen LogP contribution is 2.38. The smallest absolute Gasteiger partial charge is 0.166 e. The topological polar surface area (TPSA) is 74.3 Å². The van der Waals surface area contributed by atoms with E-state index in [9.17, 15) is 0 Å². The first kappa shape index (κ1) is 13.9. The van der Waals surface area contributed by atoms with Crippen molar-refractivity contribution in [1.82, 2.24) is 15.0 Å². The number of fused-ring (bicyclic) bond motifs is 1. The van der Waals surface area contributed by atoms with Gasteiger partial charge in [0.15, 0.2) is 11.5 Å². The Balaban J connectivity index is 2.02. The van der Waals surface area contributed by atoms with Crippen LogP contribution in [0.2, 0.25) is 0 Å². The SMILES string of the molecule is CCCn1ccnc1C(NN)c1cccc2c1OCCO2. The molecule has 6 nitrogen and oxygen atoms in total. The minimum Gasteiger partial charge on any atom is -0.486 e. The molecule has 0 radical (unpaired) electrons. The normalized spacial score (nSPS) is 15.0. The van der Waals surface area contributed by atoms with Crippen LogP contribution in [-0.4, -0.2) is 22.8 Å². The van der Waals surface area contributed by atoms with Crippen molar-refractivity contribution >= 4 is 0 Å². The Bertz CT molecular complexity index is 611. The zero-order valence-electron chi connectivity index (χ0n) is 12.1. The van der Waals surface area contributed by atoms with Crippen LogP contribution in [-0.2, 0) is 6.54 Å². The van der Waals surface area contributed by atoms with E-state index in [0.717, 1.165) is 35.9 Å². The molecule has 0 saturated carbocycles. The Morgan fingerprint density at radius 1 is 1.38 bits per heavy atom. The molecule has 21 heavy (non-hydrogen) atoms. The number of rotatable bonds is 5. The molecule has 6 heteroatoms. The molecule has 0 aliphatic carbocycles. The van der Waals surface area contributed by atoms with Gasteiger partial charge < -0.3 is 14.0 Å². The van der Waals surface area contributed by atoms with Crippen molar-refractivity contribution in [2.45, 2.75) is 25.9 Å². The van der Waals surface area contributed by atoms with Crippen molar-refractivity contribution in [1.29, 1.82) is 0 Å². The fourth-order valence-electron chi connectivity index (χ4n) is 2.64. The Labute approximate surface area is 123 Å². The average Bonchev–Trinajstić information content (AvgIpc) is 2.97. The van der Waals surface area contributed by atoms with Gasteiger partial charge in [-0.25, -0.2) is 10.4 Å². The van der Waals surface area contributed by atoms with E-state index < -0.39 is 0 Å². The van der Waals surface area contributed by atoms with Crippen LogP contribution in [0.1, 0.15) is 30.8 Å². The molecule has 1 aromatic carbocycles. The van der Waals surface area contributed by atoms with Crippen molar-refractivity contribution in [2.24, 2.45) is 5.84 Å². The maximum atomic E-state index is 5.79. The average molecular weight is 288 g/mol. The lowest BCUT2D eigenvalue weighted by Crippen LogP contribution is -2.32. The number of aryl methyl sites for hydroxylation is 1. The largest absolute Gasteiger partial charge is 0.486 e. The van der Waals surface area contributed by atoms with Crippen LogP contribution in [0.3, 0.4) is 0 Å². The fraction of sp³-hybridized carbons (Fsp3) is 0.400. The highest BCUT2D eigenvalue weighted by molar-refractivity contribution is 5.50. The Morgan fingerprint density at radius 3 is 3.05 bits per heavy atom. The van der Waals surface area contributed by atoms with Gasteiger partial charge in [0.2, 0.25) is 0 Å². The van der Waals surface area contributed by atoms with Crippen LogP contribution >= 0.6 is 0 Å². The zero-order chi connectivity index (χ0) is 14.7. The van der Waals surface area contributed by atoms with E-state index in [1.54, 1.807) is 6.20 Å². The summed E-state index contributed by atoms with van der Waals surface area (Å²) in [6.45, 7) is 4.15. The van der Waals surface area contributed by atoms with Gasteiger partial charge in [-0.3, -0.25) is 5.84 Å². The number of hydrogen-bond donors (Lipinski definition) is 2. The summed E-state index contributed by atoms with van der Waals surface area (Å²) in [6, 6.07) is 5.61. The predicted molar refractivity (Wildman–Crippen MR) is 79.1 cm³/mol. The molecule has 3 N–H and O–H groups in total. The summed E-state index contributed by atoms with van der Waals surface area (Å²) < 4.78 is 13.5. The maximum Gasteiger partial charge on any atom is 0.166 e. The summed E-state index contributed by atoms with van der Waals surface area (Å²) in [7, 11) is 0. The van der Waals surface area contributed by atoms with Crippen molar-refractivity contribution in [3.8, 4) is 11.5 Å². The van der Waals surface area contributed by atoms with Gasteiger partial charge >= 0.3 is 0 Å². The first-order valence-electron chi connectivity index (χ1n) is 7.20. The number of para-hydroxylation sites is 1. The van der Waals surface area contributed by atoms with Crippen LogP contribution in [0.5, 0.6) is 11.5 Å². The molecule has 1 aromatic heterocycles. The number of nitrogens with two attached hydrogens (primary N) is 1. The standard InChI is InChI=1S/C15H20N4O2/c1-2-7-19-8-6-17-15(19)13(18-16)11-4-3-5-12-14(11)21-10-9-20-12/h3-6,8,13,18H,2,7,9-10,16H2,1H3. The minimum atomic E-state index is -0.233. The molecule has 0 bridgehead atoms. The molecule has 1 aliphatic rings. The third kappa shape index (κ3) is 2.59.